The molecule has 1 saturated heterocycles. The number of piperazine rings is 1. The summed E-state index contributed by atoms with van der Waals surface area (Å²) in [5.74, 6) is -0.326. The second kappa shape index (κ2) is 11.2. The molecule has 40 heavy (non-hydrogen) atoms. The van der Waals surface area contributed by atoms with Gasteiger partial charge < -0.3 is 9.88 Å². The minimum atomic E-state index is -0.453. The molecule has 0 aliphatic carbocycles. The molecule has 2 aliphatic rings. The Morgan fingerprint density at radius 1 is 0.875 bits per heavy atom. The van der Waals surface area contributed by atoms with E-state index in [9.17, 15) is 9.59 Å². The first-order valence-corrected chi connectivity index (χ1v) is 13.6. The van der Waals surface area contributed by atoms with Gasteiger partial charge in [-0.1, -0.05) is 47.9 Å². The van der Waals surface area contributed by atoms with Gasteiger partial charge in [-0.25, -0.2) is 9.97 Å². The molecule has 2 aromatic carbocycles. The summed E-state index contributed by atoms with van der Waals surface area (Å²) >= 11 is 0. The van der Waals surface area contributed by atoms with E-state index >= 15 is 0 Å². The van der Waals surface area contributed by atoms with Crippen LogP contribution in [0.5, 0.6) is 0 Å². The largest absolute Gasteiger partial charge is 0.361 e. The number of carbonyl (C=O) groups is 2. The highest BCUT2D eigenvalue weighted by Crippen LogP contribution is 2.37. The predicted octanol–water partition coefficient (Wildman–Crippen LogP) is 4.28. The Morgan fingerprint density at radius 2 is 1.62 bits per heavy atom. The van der Waals surface area contributed by atoms with E-state index in [0.29, 0.717) is 29.3 Å². The van der Waals surface area contributed by atoms with Gasteiger partial charge in [0.1, 0.15) is 0 Å². The number of azide groups is 1. The third kappa shape index (κ3) is 4.88. The summed E-state index contributed by atoms with van der Waals surface area (Å²) in [6.45, 7) is 4.82. The van der Waals surface area contributed by atoms with Crippen molar-refractivity contribution in [1.82, 2.24) is 25.2 Å². The number of amides is 2. The van der Waals surface area contributed by atoms with Gasteiger partial charge in [0.15, 0.2) is 0 Å². The number of carbonyl (C=O) groups excluding carboxylic acids is 2. The van der Waals surface area contributed by atoms with Crippen LogP contribution in [0, 0.1) is 0 Å². The quantitative estimate of drug-likeness (QED) is 0.108. The van der Waals surface area contributed by atoms with Crippen molar-refractivity contribution in [1.29, 1.82) is 0 Å². The molecule has 4 heterocycles. The molecule has 0 saturated carbocycles. The first-order valence-electron chi connectivity index (χ1n) is 13.6. The standard InChI is InChI=1S/C29H29N9O2/c30-36-32-12-6-1-7-13-37-14-16-38(17-15-37)29-33-23-11-5-3-9-20(23)26(34-29)25-24(27(39)35-28(25)40)21-18-31-22-10-4-2-8-19(21)22/h2-5,8-11,18,31H,1,6-7,12-17H2,(H,35,39,40). The van der Waals surface area contributed by atoms with Crippen LogP contribution in [0.4, 0.5) is 5.95 Å². The number of fused-ring (bicyclic) bond motifs is 2. The number of H-pyrrole nitrogens is 1. The molecule has 4 aromatic rings. The summed E-state index contributed by atoms with van der Waals surface area (Å²) in [7, 11) is 0. The highest BCUT2D eigenvalue weighted by molar-refractivity contribution is 6.50. The van der Waals surface area contributed by atoms with Gasteiger partial charge in [-0.2, -0.15) is 0 Å². The molecule has 11 nitrogen and oxygen atoms in total. The van der Waals surface area contributed by atoms with Crippen LogP contribution >= 0.6 is 0 Å². The number of benzene rings is 2. The summed E-state index contributed by atoms with van der Waals surface area (Å²) in [6, 6.07) is 15.3. The number of hydrogen-bond acceptors (Lipinski definition) is 7. The van der Waals surface area contributed by atoms with Gasteiger partial charge in [0, 0.05) is 65.7 Å². The van der Waals surface area contributed by atoms with Crippen LogP contribution in [0.15, 0.2) is 59.8 Å². The van der Waals surface area contributed by atoms with Crippen molar-refractivity contribution >= 4 is 50.7 Å². The average Bonchev–Trinajstić information content (AvgIpc) is 3.53. The maximum atomic E-state index is 13.3. The number of aromatic amines is 1. The lowest BCUT2D eigenvalue weighted by molar-refractivity contribution is -0.122. The zero-order valence-electron chi connectivity index (χ0n) is 22.0. The van der Waals surface area contributed by atoms with E-state index < -0.39 is 11.8 Å². The zero-order chi connectivity index (χ0) is 27.5. The van der Waals surface area contributed by atoms with Gasteiger partial charge in [-0.15, -0.1) is 0 Å². The highest BCUT2D eigenvalue weighted by atomic mass is 16.2. The van der Waals surface area contributed by atoms with Crippen molar-refractivity contribution in [3.05, 3.63) is 76.4 Å². The van der Waals surface area contributed by atoms with E-state index in [2.05, 4.69) is 30.1 Å². The van der Waals surface area contributed by atoms with Crippen molar-refractivity contribution < 1.29 is 9.59 Å². The fourth-order valence-electron chi connectivity index (χ4n) is 5.52. The van der Waals surface area contributed by atoms with Gasteiger partial charge in [-0.3, -0.25) is 19.8 Å². The number of aromatic nitrogens is 3. The Labute approximate surface area is 230 Å². The van der Waals surface area contributed by atoms with Gasteiger partial charge in [-0.05, 0) is 37.1 Å². The molecule has 202 valence electrons. The Morgan fingerprint density at radius 3 is 2.45 bits per heavy atom. The normalized spacial score (nSPS) is 16.1. The number of nitrogens with one attached hydrogen (secondary N) is 2. The first kappa shape index (κ1) is 25.5. The topological polar surface area (TPSA) is 143 Å². The van der Waals surface area contributed by atoms with Crippen molar-refractivity contribution in [3.63, 3.8) is 0 Å². The Balaban J connectivity index is 1.31. The summed E-state index contributed by atoms with van der Waals surface area (Å²) in [4.78, 5) is 46.8. The number of anilines is 1. The molecule has 1 fully saturated rings. The second-order valence-corrected chi connectivity index (χ2v) is 10.0. The SMILES string of the molecule is [N-]=[N+]=NCCCCCN1CCN(c2nc(C3=C(c4c[nH]c5ccccc45)C(=O)NC3=O)c3ccccc3n2)CC1. The molecule has 0 unspecified atom stereocenters. The van der Waals surface area contributed by atoms with Crippen LogP contribution in [0.1, 0.15) is 30.5 Å². The molecule has 2 amide bonds. The molecular formula is C29H29N9O2. The second-order valence-electron chi connectivity index (χ2n) is 10.0. The number of nitrogens with zero attached hydrogens (tertiary/aromatic N) is 7. The van der Waals surface area contributed by atoms with Crippen molar-refractivity contribution in [2.45, 2.75) is 19.3 Å². The van der Waals surface area contributed by atoms with Crippen LogP contribution < -0.4 is 10.2 Å². The van der Waals surface area contributed by atoms with Crippen molar-refractivity contribution in [3.8, 4) is 0 Å². The number of hydrogen-bond donors (Lipinski definition) is 2. The fraction of sp³-hybridized carbons (Fsp3) is 0.310. The van der Waals surface area contributed by atoms with E-state index in [1.54, 1.807) is 6.20 Å². The number of para-hydroxylation sites is 2. The molecule has 0 bridgehead atoms. The fourth-order valence-corrected chi connectivity index (χ4v) is 5.52. The summed E-state index contributed by atoms with van der Waals surface area (Å²) in [5.41, 5.74) is 11.7. The van der Waals surface area contributed by atoms with Gasteiger partial charge in [0.2, 0.25) is 5.95 Å². The summed E-state index contributed by atoms with van der Waals surface area (Å²) in [5, 5.41) is 7.69. The van der Waals surface area contributed by atoms with Crippen LogP contribution in [-0.2, 0) is 9.59 Å². The molecule has 0 spiro atoms. The average molecular weight is 536 g/mol. The summed E-state index contributed by atoms with van der Waals surface area (Å²) in [6.07, 6.45) is 4.78. The molecule has 0 radical (unpaired) electrons. The van der Waals surface area contributed by atoms with Gasteiger partial charge >= 0.3 is 0 Å². The maximum Gasteiger partial charge on any atom is 0.261 e. The van der Waals surface area contributed by atoms with Crippen LogP contribution in [0.2, 0.25) is 0 Å². The lowest BCUT2D eigenvalue weighted by Crippen LogP contribution is -2.47. The van der Waals surface area contributed by atoms with Crippen molar-refractivity contribution in [2.75, 3.05) is 44.2 Å². The van der Waals surface area contributed by atoms with E-state index in [0.717, 1.165) is 73.8 Å². The van der Waals surface area contributed by atoms with E-state index in [1.807, 2.05) is 48.5 Å². The molecule has 2 aliphatic heterocycles. The third-order valence-corrected chi connectivity index (χ3v) is 7.57. The lowest BCUT2D eigenvalue weighted by atomic mass is 9.97. The zero-order valence-corrected chi connectivity index (χ0v) is 22.0. The monoisotopic (exact) mass is 535 g/mol. The third-order valence-electron chi connectivity index (χ3n) is 7.57. The molecule has 11 heteroatoms. The summed E-state index contributed by atoms with van der Waals surface area (Å²) < 4.78 is 0. The Kier molecular flexibility index (Phi) is 7.13. The minimum Gasteiger partial charge on any atom is -0.361 e. The van der Waals surface area contributed by atoms with Crippen LogP contribution in [0.25, 0.3) is 43.4 Å². The number of imide groups is 1. The van der Waals surface area contributed by atoms with Crippen molar-refractivity contribution in [2.24, 2.45) is 5.11 Å². The van der Waals surface area contributed by atoms with Gasteiger partial charge in [0.25, 0.3) is 11.8 Å². The van der Waals surface area contributed by atoms with E-state index in [-0.39, 0.29) is 5.57 Å². The Hall–Kier alpha value is -4.73. The van der Waals surface area contributed by atoms with E-state index in [4.69, 9.17) is 15.5 Å². The molecule has 2 aromatic heterocycles. The first-order chi connectivity index (χ1) is 19.6. The number of rotatable bonds is 9. The van der Waals surface area contributed by atoms with Gasteiger partial charge in [0.05, 0.1) is 22.4 Å². The lowest BCUT2D eigenvalue weighted by Gasteiger charge is -2.35. The highest BCUT2D eigenvalue weighted by Gasteiger charge is 2.36. The maximum absolute atomic E-state index is 13.3. The van der Waals surface area contributed by atoms with Crippen LogP contribution in [0.3, 0.4) is 0 Å². The molecular weight excluding hydrogens is 506 g/mol. The Bertz CT molecular complexity index is 1680. The minimum absolute atomic E-state index is 0.272. The van der Waals surface area contributed by atoms with E-state index in [1.165, 1.54) is 0 Å². The molecule has 6 rings (SSSR count). The molecule has 2 N–H and O–H groups in total. The molecule has 0 atom stereocenters. The smallest absolute Gasteiger partial charge is 0.261 e. The predicted molar refractivity (Wildman–Crippen MR) is 154 cm³/mol. The number of unbranched alkanes of at least 4 members (excludes halogenated alkanes) is 2. The van der Waals surface area contributed by atoms with Crippen LogP contribution in [-0.4, -0.2) is 70.9 Å².